The van der Waals surface area contributed by atoms with Crippen LogP contribution in [0, 0.1) is 5.41 Å². The highest BCUT2D eigenvalue weighted by molar-refractivity contribution is 7.81. The van der Waals surface area contributed by atoms with Crippen molar-refractivity contribution in [3.8, 4) is 0 Å². The van der Waals surface area contributed by atoms with Crippen molar-refractivity contribution in [1.29, 1.82) is 0 Å². The van der Waals surface area contributed by atoms with E-state index in [0.29, 0.717) is 0 Å². The van der Waals surface area contributed by atoms with Gasteiger partial charge in [0, 0.05) is 17.8 Å². The molecule has 0 aliphatic heterocycles. The van der Waals surface area contributed by atoms with Gasteiger partial charge in [0.15, 0.2) is 0 Å². The molecule has 0 aromatic heterocycles. The molecule has 0 amide bonds. The minimum absolute atomic E-state index is 0.115. The fourth-order valence-electron chi connectivity index (χ4n) is 1.86. The zero-order valence-corrected chi connectivity index (χ0v) is 11.6. The molecule has 2 N–H and O–H groups in total. The van der Waals surface area contributed by atoms with E-state index in [1.54, 1.807) is 0 Å². The Bertz CT molecular complexity index is 334. The first-order valence-corrected chi connectivity index (χ1v) is 6.17. The largest absolute Gasteiger partial charge is 0.384 e. The van der Waals surface area contributed by atoms with Crippen LogP contribution in [0.1, 0.15) is 27.2 Å². The standard InChI is InChI=1S/C13H22N2S/c1-9-11(15-8-6-7-14-5)10(12(9)16)13(2,3)4/h14-15H,1,6-8H2,2-5H3. The first-order valence-electron chi connectivity index (χ1n) is 5.76. The first kappa shape index (κ1) is 13.4. The predicted molar refractivity (Wildman–Crippen MR) is 74.8 cm³/mol. The second-order valence-corrected chi connectivity index (χ2v) is 5.60. The molecule has 0 atom stereocenters. The first-order chi connectivity index (χ1) is 7.39. The molecule has 0 saturated heterocycles. The summed E-state index contributed by atoms with van der Waals surface area (Å²) in [4.78, 5) is 0.948. The zero-order valence-electron chi connectivity index (χ0n) is 10.7. The van der Waals surface area contributed by atoms with Gasteiger partial charge >= 0.3 is 0 Å². The third kappa shape index (κ3) is 2.71. The fraction of sp³-hybridized carbons (Fsp3) is 0.615. The quantitative estimate of drug-likeness (QED) is 0.437. The molecule has 0 aromatic carbocycles. The van der Waals surface area contributed by atoms with Crippen LogP contribution < -0.4 is 10.6 Å². The molecular weight excluding hydrogens is 216 g/mol. The van der Waals surface area contributed by atoms with E-state index in [-0.39, 0.29) is 5.41 Å². The van der Waals surface area contributed by atoms with Crippen LogP contribution in [0.4, 0.5) is 0 Å². The van der Waals surface area contributed by atoms with Gasteiger partial charge in [-0.3, -0.25) is 0 Å². The number of hydrogen-bond acceptors (Lipinski definition) is 3. The molecule has 1 rings (SSSR count). The lowest BCUT2D eigenvalue weighted by Crippen LogP contribution is -2.36. The van der Waals surface area contributed by atoms with Crippen LogP contribution in [0.5, 0.6) is 0 Å². The molecule has 0 unspecified atom stereocenters. The van der Waals surface area contributed by atoms with Crippen LogP contribution >= 0.6 is 12.2 Å². The van der Waals surface area contributed by atoms with Crippen LogP contribution in [0.25, 0.3) is 0 Å². The van der Waals surface area contributed by atoms with Crippen LogP contribution in [0.15, 0.2) is 23.4 Å². The van der Waals surface area contributed by atoms with Crippen LogP contribution in [0.3, 0.4) is 0 Å². The second-order valence-electron chi connectivity index (χ2n) is 5.19. The molecule has 2 nitrogen and oxygen atoms in total. The Morgan fingerprint density at radius 3 is 2.38 bits per heavy atom. The van der Waals surface area contributed by atoms with E-state index < -0.39 is 0 Å². The number of nitrogens with one attached hydrogen (secondary N) is 2. The molecule has 0 spiro atoms. The summed E-state index contributed by atoms with van der Waals surface area (Å²) in [5, 5.41) is 6.58. The molecule has 1 aliphatic carbocycles. The molecule has 3 heteroatoms. The highest BCUT2D eigenvalue weighted by atomic mass is 32.1. The summed E-state index contributed by atoms with van der Waals surface area (Å²) in [6.45, 7) is 12.6. The Balaban J connectivity index is 2.65. The molecule has 0 fully saturated rings. The summed E-state index contributed by atoms with van der Waals surface area (Å²) >= 11 is 5.34. The lowest BCUT2D eigenvalue weighted by molar-refractivity contribution is 0.509. The van der Waals surface area contributed by atoms with Crippen molar-refractivity contribution in [2.45, 2.75) is 27.2 Å². The van der Waals surface area contributed by atoms with E-state index in [0.717, 1.165) is 29.9 Å². The normalized spacial score (nSPS) is 16.5. The maximum Gasteiger partial charge on any atom is 0.0522 e. The van der Waals surface area contributed by atoms with E-state index >= 15 is 0 Å². The molecule has 1 aliphatic rings. The molecule has 0 bridgehead atoms. The van der Waals surface area contributed by atoms with Crippen LogP contribution in [0.2, 0.25) is 0 Å². The van der Waals surface area contributed by atoms with Gasteiger partial charge in [0.2, 0.25) is 0 Å². The third-order valence-electron chi connectivity index (χ3n) is 2.71. The molecule has 16 heavy (non-hydrogen) atoms. The van der Waals surface area contributed by atoms with Gasteiger partial charge in [-0.25, -0.2) is 0 Å². The second kappa shape index (κ2) is 5.11. The molecule has 0 aromatic rings. The summed E-state index contributed by atoms with van der Waals surface area (Å²) < 4.78 is 0. The predicted octanol–water partition coefficient (Wildman–Crippen LogP) is 2.43. The average molecular weight is 238 g/mol. The Hall–Kier alpha value is -0.670. The average Bonchev–Trinajstić information content (AvgIpc) is 2.19. The smallest absolute Gasteiger partial charge is 0.0522 e. The van der Waals surface area contributed by atoms with Crippen LogP contribution in [-0.4, -0.2) is 25.0 Å². The van der Waals surface area contributed by atoms with Gasteiger partial charge in [0.05, 0.1) is 4.86 Å². The Labute approximate surface area is 104 Å². The van der Waals surface area contributed by atoms with Gasteiger partial charge in [-0.05, 0) is 31.0 Å². The van der Waals surface area contributed by atoms with Gasteiger partial charge in [-0.2, -0.15) is 0 Å². The van der Waals surface area contributed by atoms with E-state index in [2.05, 4.69) is 38.0 Å². The van der Waals surface area contributed by atoms with Crippen molar-refractivity contribution in [2.75, 3.05) is 20.1 Å². The number of thiocarbonyl (C=S) groups is 1. The molecule has 0 heterocycles. The van der Waals surface area contributed by atoms with Crippen molar-refractivity contribution >= 4 is 17.1 Å². The number of rotatable bonds is 5. The van der Waals surface area contributed by atoms with E-state index in [4.69, 9.17) is 12.2 Å². The lowest BCUT2D eigenvalue weighted by atomic mass is 9.73. The maximum absolute atomic E-state index is 5.34. The van der Waals surface area contributed by atoms with Crippen molar-refractivity contribution in [1.82, 2.24) is 10.6 Å². The molecule has 0 saturated carbocycles. The van der Waals surface area contributed by atoms with E-state index in [9.17, 15) is 0 Å². The summed E-state index contributed by atoms with van der Waals surface area (Å²) in [5.41, 5.74) is 3.55. The van der Waals surface area contributed by atoms with Crippen LogP contribution in [-0.2, 0) is 0 Å². The Kier molecular flexibility index (Phi) is 4.28. The van der Waals surface area contributed by atoms with Crippen molar-refractivity contribution in [3.05, 3.63) is 23.4 Å². The number of hydrogen-bond donors (Lipinski definition) is 2. The molecule has 0 radical (unpaired) electrons. The van der Waals surface area contributed by atoms with Crippen molar-refractivity contribution < 1.29 is 0 Å². The minimum Gasteiger partial charge on any atom is -0.384 e. The molecular formula is C13H22N2S. The topological polar surface area (TPSA) is 24.1 Å². The minimum atomic E-state index is 0.115. The van der Waals surface area contributed by atoms with E-state index in [1.807, 2.05) is 7.05 Å². The van der Waals surface area contributed by atoms with Gasteiger partial charge < -0.3 is 10.6 Å². The Morgan fingerprint density at radius 1 is 1.25 bits per heavy atom. The highest BCUT2D eigenvalue weighted by Gasteiger charge is 2.35. The third-order valence-corrected chi connectivity index (χ3v) is 3.16. The Morgan fingerprint density at radius 2 is 1.88 bits per heavy atom. The van der Waals surface area contributed by atoms with Crippen molar-refractivity contribution in [3.63, 3.8) is 0 Å². The van der Waals surface area contributed by atoms with Crippen molar-refractivity contribution in [2.24, 2.45) is 5.41 Å². The summed E-state index contributed by atoms with van der Waals surface area (Å²) in [6, 6.07) is 0. The van der Waals surface area contributed by atoms with E-state index in [1.165, 1.54) is 11.3 Å². The zero-order chi connectivity index (χ0) is 12.3. The number of allylic oxidation sites excluding steroid dienone is 2. The van der Waals surface area contributed by atoms with Gasteiger partial charge in [0.1, 0.15) is 0 Å². The fourth-order valence-corrected chi connectivity index (χ4v) is 2.37. The van der Waals surface area contributed by atoms with Gasteiger partial charge in [0.25, 0.3) is 0 Å². The summed E-state index contributed by atoms with van der Waals surface area (Å²) in [7, 11) is 1.97. The maximum atomic E-state index is 5.34. The summed E-state index contributed by atoms with van der Waals surface area (Å²) in [5.74, 6) is 0. The van der Waals surface area contributed by atoms with Gasteiger partial charge in [-0.15, -0.1) is 0 Å². The highest BCUT2D eigenvalue weighted by Crippen LogP contribution is 2.40. The van der Waals surface area contributed by atoms with Gasteiger partial charge in [-0.1, -0.05) is 39.6 Å². The SMILES string of the molecule is C=C1C(=S)C(C(C)(C)C)=C1NCCCNC. The summed E-state index contributed by atoms with van der Waals surface area (Å²) in [6.07, 6.45) is 1.11. The molecule has 90 valence electrons. The monoisotopic (exact) mass is 238 g/mol. The lowest BCUT2D eigenvalue weighted by Gasteiger charge is -2.36.